The number of piperidine rings is 1. The van der Waals surface area contributed by atoms with Crippen molar-refractivity contribution in [2.75, 3.05) is 19.6 Å². The third-order valence-electron chi connectivity index (χ3n) is 5.35. The highest BCUT2D eigenvalue weighted by atomic mass is 32.2. The van der Waals surface area contributed by atoms with Crippen LogP contribution < -0.4 is 4.72 Å². The molecule has 1 aromatic carbocycles. The van der Waals surface area contributed by atoms with E-state index in [9.17, 15) is 18.0 Å². The van der Waals surface area contributed by atoms with Gasteiger partial charge in [-0.15, -0.1) is 0 Å². The van der Waals surface area contributed by atoms with Crippen LogP contribution in [0.1, 0.15) is 25.3 Å². The van der Waals surface area contributed by atoms with Gasteiger partial charge in [-0.1, -0.05) is 30.3 Å². The van der Waals surface area contributed by atoms with E-state index in [2.05, 4.69) is 22.0 Å². The Bertz CT molecular complexity index is 998. The lowest BCUT2D eigenvalue weighted by Gasteiger charge is -2.33. The smallest absolute Gasteiger partial charge is 0.321 e. The zero-order valence-electron chi connectivity index (χ0n) is 17.7. The first-order valence-electron chi connectivity index (χ1n) is 10.2. The molecule has 1 saturated heterocycles. The molecule has 1 amide bonds. The maximum absolute atomic E-state index is 12.6. The Labute approximate surface area is 182 Å². The summed E-state index contributed by atoms with van der Waals surface area (Å²) >= 11 is 0. The molecule has 1 N–H and O–H groups in total. The van der Waals surface area contributed by atoms with E-state index in [1.165, 1.54) is 29.6 Å². The summed E-state index contributed by atoms with van der Waals surface area (Å²) in [6.45, 7) is 2.18. The summed E-state index contributed by atoms with van der Waals surface area (Å²) < 4.78 is 32.9. The van der Waals surface area contributed by atoms with Crippen molar-refractivity contribution in [2.45, 2.75) is 37.2 Å². The van der Waals surface area contributed by atoms with Gasteiger partial charge in [0.15, 0.2) is 6.10 Å². The lowest BCUT2D eigenvalue weighted by atomic mass is 9.90. The van der Waals surface area contributed by atoms with Crippen LogP contribution in [0, 0.1) is 5.92 Å². The summed E-state index contributed by atoms with van der Waals surface area (Å²) in [5.41, 5.74) is 1.29. The molecule has 10 heteroatoms. The van der Waals surface area contributed by atoms with E-state index in [1.54, 1.807) is 11.9 Å². The summed E-state index contributed by atoms with van der Waals surface area (Å²) in [5, 5.41) is 3.79. The van der Waals surface area contributed by atoms with Gasteiger partial charge in [0, 0.05) is 26.3 Å². The normalized spacial score (nSPS) is 16.1. The highest BCUT2D eigenvalue weighted by Gasteiger charge is 2.28. The van der Waals surface area contributed by atoms with E-state index in [1.807, 2.05) is 18.2 Å². The number of hydrogen-bond donors (Lipinski definition) is 1. The molecule has 31 heavy (non-hydrogen) atoms. The van der Waals surface area contributed by atoms with E-state index in [0.29, 0.717) is 19.0 Å². The van der Waals surface area contributed by atoms with Gasteiger partial charge in [0.2, 0.25) is 10.0 Å². The second kappa shape index (κ2) is 10.1. The lowest BCUT2D eigenvalue weighted by Crippen LogP contribution is -2.45. The van der Waals surface area contributed by atoms with Crippen LogP contribution in [0.2, 0.25) is 0 Å². The van der Waals surface area contributed by atoms with Crippen molar-refractivity contribution in [3.05, 3.63) is 48.3 Å². The topological polar surface area (TPSA) is 111 Å². The average molecular weight is 449 g/mol. The number of nitrogens with zero attached hydrogens (tertiary/aromatic N) is 3. The molecule has 168 valence electrons. The molecular weight excluding hydrogens is 420 g/mol. The van der Waals surface area contributed by atoms with Crippen LogP contribution in [0.15, 0.2) is 47.6 Å². The summed E-state index contributed by atoms with van der Waals surface area (Å²) in [4.78, 5) is 26.3. The summed E-state index contributed by atoms with van der Waals surface area (Å²) in [5.74, 6) is -0.555. The number of aryl methyl sites for hydroxylation is 1. The van der Waals surface area contributed by atoms with Crippen molar-refractivity contribution in [1.82, 2.24) is 19.4 Å². The zero-order chi connectivity index (χ0) is 22.4. The maximum atomic E-state index is 12.6. The zero-order valence-corrected chi connectivity index (χ0v) is 18.5. The number of nitrogens with one attached hydrogen (secondary N) is 1. The number of rotatable bonds is 8. The Kier molecular flexibility index (Phi) is 7.45. The first kappa shape index (κ1) is 23.0. The summed E-state index contributed by atoms with van der Waals surface area (Å²) in [6, 6.07) is 10.3. The summed E-state index contributed by atoms with van der Waals surface area (Å²) in [6.07, 6.45) is 4.31. The number of likely N-dealkylation sites (tertiary alicyclic amines) is 1. The number of amides is 1. The molecule has 0 spiro atoms. The molecule has 2 heterocycles. The molecule has 3 rings (SSSR count). The van der Waals surface area contributed by atoms with Gasteiger partial charge in [-0.25, -0.2) is 8.42 Å². The molecule has 2 aromatic rings. The molecule has 1 aromatic heterocycles. The Morgan fingerprint density at radius 3 is 2.52 bits per heavy atom. The van der Waals surface area contributed by atoms with Gasteiger partial charge in [0.25, 0.3) is 5.91 Å². The molecule has 1 fully saturated rings. The number of sulfonamides is 1. The third kappa shape index (κ3) is 6.38. The number of ether oxygens (including phenoxy) is 1. The van der Waals surface area contributed by atoms with E-state index in [0.717, 1.165) is 19.3 Å². The van der Waals surface area contributed by atoms with Crippen molar-refractivity contribution < 1.29 is 22.7 Å². The molecule has 9 nitrogen and oxygen atoms in total. The largest absolute Gasteiger partial charge is 0.452 e. The standard InChI is InChI=1S/C21H28N4O5S/c1-16(30-20(26)14-23-31(28,29)19-13-22-24(2)15-19)21(27)25-10-8-18(9-11-25)12-17-6-4-3-5-7-17/h3-7,13,15-16,18,23H,8-12,14H2,1-2H3. The lowest BCUT2D eigenvalue weighted by molar-refractivity contribution is -0.158. The third-order valence-corrected chi connectivity index (χ3v) is 6.70. The van der Waals surface area contributed by atoms with Crippen molar-refractivity contribution >= 4 is 21.9 Å². The fourth-order valence-electron chi connectivity index (χ4n) is 3.63. The minimum atomic E-state index is -3.87. The van der Waals surface area contributed by atoms with Gasteiger partial charge in [-0.05, 0) is 37.7 Å². The van der Waals surface area contributed by atoms with E-state index in [-0.39, 0.29) is 10.8 Å². The number of hydrogen-bond acceptors (Lipinski definition) is 6. The second-order valence-electron chi connectivity index (χ2n) is 7.76. The first-order valence-corrected chi connectivity index (χ1v) is 11.7. The molecule has 1 atom stereocenters. The van der Waals surface area contributed by atoms with Gasteiger partial charge in [0.1, 0.15) is 11.4 Å². The van der Waals surface area contributed by atoms with Gasteiger partial charge < -0.3 is 9.64 Å². The van der Waals surface area contributed by atoms with Crippen molar-refractivity contribution in [1.29, 1.82) is 0 Å². The Morgan fingerprint density at radius 2 is 1.90 bits per heavy atom. The highest BCUT2D eigenvalue weighted by Crippen LogP contribution is 2.22. The Morgan fingerprint density at radius 1 is 1.23 bits per heavy atom. The van der Waals surface area contributed by atoms with Crippen LogP contribution >= 0.6 is 0 Å². The van der Waals surface area contributed by atoms with E-state index >= 15 is 0 Å². The monoisotopic (exact) mass is 448 g/mol. The SMILES string of the molecule is CC(OC(=O)CNS(=O)(=O)c1cnn(C)c1)C(=O)N1CCC(Cc2ccccc2)CC1. The number of benzene rings is 1. The average Bonchev–Trinajstić information content (AvgIpc) is 3.20. The quantitative estimate of drug-likeness (QED) is 0.606. The number of carbonyl (C=O) groups is 2. The van der Waals surface area contributed by atoms with Crippen LogP contribution in [0.5, 0.6) is 0 Å². The van der Waals surface area contributed by atoms with E-state index < -0.39 is 28.6 Å². The van der Waals surface area contributed by atoms with Crippen molar-refractivity contribution in [2.24, 2.45) is 13.0 Å². The fourth-order valence-corrected chi connectivity index (χ4v) is 4.58. The molecule has 0 bridgehead atoms. The number of esters is 1. The van der Waals surface area contributed by atoms with Crippen LogP contribution in [0.25, 0.3) is 0 Å². The molecule has 1 aliphatic heterocycles. The first-order chi connectivity index (χ1) is 14.7. The molecule has 1 unspecified atom stereocenters. The number of aromatic nitrogens is 2. The second-order valence-corrected chi connectivity index (χ2v) is 9.53. The highest BCUT2D eigenvalue weighted by molar-refractivity contribution is 7.89. The van der Waals surface area contributed by atoms with Gasteiger partial charge in [-0.2, -0.15) is 9.82 Å². The molecule has 0 aliphatic carbocycles. The van der Waals surface area contributed by atoms with Crippen molar-refractivity contribution in [3.8, 4) is 0 Å². The fraction of sp³-hybridized carbons (Fsp3) is 0.476. The molecular formula is C21H28N4O5S. The minimum absolute atomic E-state index is 0.0506. The Hall–Kier alpha value is -2.72. The number of carbonyl (C=O) groups excluding carboxylic acids is 2. The van der Waals surface area contributed by atoms with Crippen LogP contribution in [0.4, 0.5) is 0 Å². The van der Waals surface area contributed by atoms with Gasteiger partial charge in [-0.3, -0.25) is 14.3 Å². The van der Waals surface area contributed by atoms with Crippen LogP contribution in [0.3, 0.4) is 0 Å². The maximum Gasteiger partial charge on any atom is 0.321 e. The van der Waals surface area contributed by atoms with Gasteiger partial charge in [0.05, 0.1) is 6.20 Å². The minimum Gasteiger partial charge on any atom is -0.452 e. The predicted octanol–water partition coefficient (Wildman–Crippen LogP) is 1.11. The van der Waals surface area contributed by atoms with Gasteiger partial charge >= 0.3 is 5.97 Å². The Balaban J connectivity index is 1.42. The molecule has 1 aliphatic rings. The van der Waals surface area contributed by atoms with Crippen molar-refractivity contribution in [3.63, 3.8) is 0 Å². The molecule has 0 radical (unpaired) electrons. The predicted molar refractivity (Wildman–Crippen MR) is 113 cm³/mol. The van der Waals surface area contributed by atoms with Crippen LogP contribution in [-0.2, 0) is 37.8 Å². The molecule has 0 saturated carbocycles. The summed E-state index contributed by atoms with van der Waals surface area (Å²) in [7, 11) is -2.28. The van der Waals surface area contributed by atoms with Crippen LogP contribution in [-0.4, -0.2) is 60.7 Å². The van der Waals surface area contributed by atoms with E-state index in [4.69, 9.17) is 4.74 Å².